The summed E-state index contributed by atoms with van der Waals surface area (Å²) in [5.74, 6) is 1.72. The standard InChI is InChI=1S/4C15H16ClN5/c4*1-15(2,3)21-14-11(13(17)18-8-19-14)12(20-21)9-4-6-10(16)7-5-9/h4*4-8H,1-3H3,(H2,17,18,19). The van der Waals surface area contributed by atoms with Crippen LogP contribution in [0.1, 0.15) is 83.1 Å². The van der Waals surface area contributed by atoms with Crippen LogP contribution in [0.25, 0.3) is 89.2 Å². The predicted molar refractivity (Wildman–Crippen MR) is 341 cm³/mol. The summed E-state index contributed by atoms with van der Waals surface area (Å²) in [7, 11) is 0. The molecule has 0 saturated heterocycles. The molecule has 12 rings (SSSR count). The third-order valence-electron chi connectivity index (χ3n) is 13.0. The first kappa shape index (κ1) is 60.0. The zero-order chi connectivity index (χ0) is 60.8. The Labute approximate surface area is 505 Å². The monoisotopic (exact) mass is 1200 g/mol. The van der Waals surface area contributed by atoms with Crippen LogP contribution >= 0.6 is 46.4 Å². The van der Waals surface area contributed by atoms with Gasteiger partial charge in [0.1, 0.15) is 71.4 Å². The second-order valence-corrected chi connectivity index (χ2v) is 25.3. The minimum atomic E-state index is -0.205. The van der Waals surface area contributed by atoms with Crippen molar-refractivity contribution in [2.75, 3.05) is 22.9 Å². The number of nitrogens with zero attached hydrogens (tertiary/aromatic N) is 16. The summed E-state index contributed by atoms with van der Waals surface area (Å²) in [4.78, 5) is 33.8. The van der Waals surface area contributed by atoms with E-state index in [1.165, 1.54) is 25.3 Å². The number of benzene rings is 4. The Balaban J connectivity index is 0.000000134. The van der Waals surface area contributed by atoms with Crippen LogP contribution in [0.2, 0.25) is 20.1 Å². The Morgan fingerprint density at radius 1 is 0.274 bits per heavy atom. The highest BCUT2D eigenvalue weighted by Crippen LogP contribution is 2.38. The SMILES string of the molecule is CC(C)(C)n1nc(-c2ccc(Cl)cc2)c2c(N)ncnc21.CC(C)(C)n1nc(-c2ccc(Cl)cc2)c2c(N)ncnc21.CC(C)(C)n1nc(-c2ccc(Cl)cc2)c2c(N)ncnc21.CC(C)(C)n1nc(-c2ccc(Cl)cc2)c2c(N)ncnc21. The van der Waals surface area contributed by atoms with Crippen LogP contribution in [-0.2, 0) is 22.2 Å². The molecular formula is C60H64Cl4N20. The fourth-order valence-electron chi connectivity index (χ4n) is 9.01. The molecule has 0 aliphatic carbocycles. The molecular weight excluding hydrogens is 1140 g/mol. The van der Waals surface area contributed by atoms with Crippen molar-refractivity contribution >= 4 is 114 Å². The summed E-state index contributed by atoms with van der Waals surface area (Å²) in [6, 6.07) is 30.0. The molecule has 20 nitrogen and oxygen atoms in total. The molecule has 0 bridgehead atoms. The molecule has 8 aromatic heterocycles. The summed E-state index contributed by atoms with van der Waals surface area (Å²) in [5.41, 5.74) is 33.2. The van der Waals surface area contributed by atoms with Gasteiger partial charge in [-0.25, -0.2) is 58.6 Å². The minimum absolute atomic E-state index is 0.205. The number of nitrogen functional groups attached to an aromatic ring is 4. The topological polar surface area (TPSA) is 278 Å². The highest BCUT2D eigenvalue weighted by atomic mass is 35.5. The molecule has 0 spiro atoms. The van der Waals surface area contributed by atoms with Gasteiger partial charge in [0, 0.05) is 42.3 Å². The number of nitrogens with two attached hydrogens (primary N) is 4. The average molecular weight is 1210 g/mol. The fourth-order valence-corrected chi connectivity index (χ4v) is 9.51. The summed E-state index contributed by atoms with van der Waals surface area (Å²) in [6.07, 6.45) is 5.86. The van der Waals surface area contributed by atoms with Gasteiger partial charge in [-0.1, -0.05) is 94.9 Å². The van der Waals surface area contributed by atoms with Gasteiger partial charge in [0.2, 0.25) is 0 Å². The van der Waals surface area contributed by atoms with Gasteiger partial charge < -0.3 is 22.9 Å². The van der Waals surface area contributed by atoms with Gasteiger partial charge in [-0.05, 0) is 132 Å². The predicted octanol–water partition coefficient (Wildman–Crippen LogP) is 13.9. The third kappa shape index (κ3) is 12.5. The highest BCUT2D eigenvalue weighted by Gasteiger charge is 2.28. The van der Waals surface area contributed by atoms with Gasteiger partial charge >= 0.3 is 0 Å². The van der Waals surface area contributed by atoms with Crippen LogP contribution in [0.5, 0.6) is 0 Å². The van der Waals surface area contributed by atoms with E-state index in [1.807, 2.05) is 116 Å². The van der Waals surface area contributed by atoms with Crippen molar-refractivity contribution in [3.05, 3.63) is 142 Å². The Bertz CT molecular complexity index is 3760. The van der Waals surface area contributed by atoms with Gasteiger partial charge in [0.25, 0.3) is 0 Å². The number of hydrogen-bond acceptors (Lipinski definition) is 16. The molecule has 4 aromatic carbocycles. The van der Waals surface area contributed by atoms with Crippen LogP contribution in [0.3, 0.4) is 0 Å². The number of hydrogen-bond donors (Lipinski definition) is 4. The Morgan fingerprint density at radius 2 is 0.440 bits per heavy atom. The fraction of sp³-hybridized carbons (Fsp3) is 0.267. The zero-order valence-electron chi connectivity index (χ0n) is 48.5. The second-order valence-electron chi connectivity index (χ2n) is 23.6. The van der Waals surface area contributed by atoms with E-state index in [4.69, 9.17) is 89.7 Å². The van der Waals surface area contributed by atoms with Gasteiger partial charge in [0.15, 0.2) is 22.6 Å². The van der Waals surface area contributed by atoms with Crippen LogP contribution in [0.4, 0.5) is 23.3 Å². The molecule has 0 aliphatic rings. The second kappa shape index (κ2) is 23.2. The van der Waals surface area contributed by atoms with E-state index < -0.39 is 0 Å². The van der Waals surface area contributed by atoms with Gasteiger partial charge in [-0.3, -0.25) is 0 Å². The lowest BCUT2D eigenvalue weighted by molar-refractivity contribution is 0.366. The number of anilines is 4. The molecule has 24 heteroatoms. The molecule has 0 aliphatic heterocycles. The van der Waals surface area contributed by atoms with Crippen LogP contribution in [-0.4, -0.2) is 79.0 Å². The number of aromatic nitrogens is 16. The molecule has 0 radical (unpaired) electrons. The smallest absolute Gasteiger partial charge is 0.164 e. The van der Waals surface area contributed by atoms with E-state index in [2.05, 4.69) is 123 Å². The lowest BCUT2D eigenvalue weighted by Gasteiger charge is -2.19. The molecule has 0 amide bonds. The maximum Gasteiger partial charge on any atom is 0.164 e. The first-order valence-electron chi connectivity index (χ1n) is 26.5. The summed E-state index contributed by atoms with van der Waals surface area (Å²) < 4.78 is 7.52. The molecule has 84 heavy (non-hydrogen) atoms. The van der Waals surface area contributed by atoms with Crippen LogP contribution in [0, 0.1) is 0 Å². The molecule has 0 saturated carbocycles. The van der Waals surface area contributed by atoms with Crippen LogP contribution < -0.4 is 22.9 Å². The maximum atomic E-state index is 6.05. The molecule has 8 heterocycles. The first-order chi connectivity index (χ1) is 39.5. The van der Waals surface area contributed by atoms with E-state index in [0.717, 1.165) is 89.2 Å². The summed E-state index contributed by atoms with van der Waals surface area (Å²) >= 11 is 23.8. The number of rotatable bonds is 4. The van der Waals surface area contributed by atoms with E-state index in [1.54, 1.807) is 0 Å². The number of fused-ring (bicyclic) bond motifs is 4. The van der Waals surface area contributed by atoms with E-state index >= 15 is 0 Å². The Morgan fingerprint density at radius 3 is 0.595 bits per heavy atom. The highest BCUT2D eigenvalue weighted by molar-refractivity contribution is 6.31. The molecule has 432 valence electrons. The molecule has 8 N–H and O–H groups in total. The van der Waals surface area contributed by atoms with E-state index in [0.29, 0.717) is 43.4 Å². The van der Waals surface area contributed by atoms with Gasteiger partial charge in [-0.2, -0.15) is 20.4 Å². The molecule has 0 unspecified atom stereocenters. The van der Waals surface area contributed by atoms with Gasteiger partial charge in [0.05, 0.1) is 43.7 Å². The maximum absolute atomic E-state index is 6.05. The average Bonchev–Trinajstić information content (AvgIpc) is 2.03. The van der Waals surface area contributed by atoms with Crippen molar-refractivity contribution in [2.45, 2.75) is 105 Å². The van der Waals surface area contributed by atoms with Crippen molar-refractivity contribution in [1.29, 1.82) is 0 Å². The Kier molecular flexibility index (Phi) is 16.6. The largest absolute Gasteiger partial charge is 0.383 e. The van der Waals surface area contributed by atoms with Crippen LogP contribution in [0.15, 0.2) is 122 Å². The third-order valence-corrected chi connectivity index (χ3v) is 14.0. The summed E-state index contributed by atoms with van der Waals surface area (Å²) in [5, 5.41) is 24.7. The van der Waals surface area contributed by atoms with Crippen molar-refractivity contribution < 1.29 is 0 Å². The molecule has 12 aromatic rings. The van der Waals surface area contributed by atoms with E-state index in [9.17, 15) is 0 Å². The normalized spacial score (nSPS) is 12.0. The van der Waals surface area contributed by atoms with Crippen molar-refractivity contribution in [2.24, 2.45) is 0 Å². The number of halogens is 4. The van der Waals surface area contributed by atoms with Crippen molar-refractivity contribution in [3.8, 4) is 45.0 Å². The first-order valence-corrected chi connectivity index (χ1v) is 28.0. The van der Waals surface area contributed by atoms with Gasteiger partial charge in [-0.15, -0.1) is 0 Å². The van der Waals surface area contributed by atoms with Crippen molar-refractivity contribution in [1.82, 2.24) is 79.0 Å². The lowest BCUT2D eigenvalue weighted by Crippen LogP contribution is -2.23. The van der Waals surface area contributed by atoms with E-state index in [-0.39, 0.29) is 22.2 Å². The quantitative estimate of drug-likeness (QED) is 0.127. The lowest BCUT2D eigenvalue weighted by atomic mass is 10.1. The Hall–Kier alpha value is -8.56. The molecule has 0 atom stereocenters. The minimum Gasteiger partial charge on any atom is -0.383 e. The molecule has 0 fully saturated rings. The zero-order valence-corrected chi connectivity index (χ0v) is 51.5. The summed E-state index contributed by atoms with van der Waals surface area (Å²) in [6.45, 7) is 24.9. The van der Waals surface area contributed by atoms with Crippen molar-refractivity contribution in [3.63, 3.8) is 0 Å².